The minimum Gasteiger partial charge on any atom is -0.508 e. The molecule has 0 heterocycles. The summed E-state index contributed by atoms with van der Waals surface area (Å²) < 4.78 is 0. The van der Waals surface area contributed by atoms with Crippen molar-refractivity contribution in [3.8, 4) is 23.0 Å². The fraction of sp³-hybridized carbons (Fsp3) is 0.125. The number of benzene rings is 2. The molecule has 8 nitrogen and oxygen atoms in total. The lowest BCUT2D eigenvalue weighted by Gasteiger charge is -2.20. The average Bonchev–Trinajstić information content (AvgIpc) is 2.51. The molecule has 1 atom stereocenters. The van der Waals surface area contributed by atoms with Gasteiger partial charge in [0.05, 0.1) is 0 Å². The third kappa shape index (κ3) is 3.72. The van der Waals surface area contributed by atoms with Gasteiger partial charge in [-0.15, -0.1) is 0 Å². The highest BCUT2D eigenvalue weighted by atomic mass is 32.2. The van der Waals surface area contributed by atoms with Gasteiger partial charge in [-0.25, -0.2) is 20.5 Å². The summed E-state index contributed by atoms with van der Waals surface area (Å²) in [5.74, 6) is -4.48. The van der Waals surface area contributed by atoms with E-state index in [1.807, 2.05) is 0 Å². The van der Waals surface area contributed by atoms with Gasteiger partial charge in [0.15, 0.2) is 0 Å². The highest BCUT2D eigenvalue weighted by molar-refractivity contribution is 8.15. The van der Waals surface area contributed by atoms with Gasteiger partial charge in [0.2, 0.25) is 0 Å². The number of carbonyl (C=O) groups is 2. The van der Waals surface area contributed by atoms with Crippen molar-refractivity contribution in [2.75, 3.05) is 6.26 Å². The van der Waals surface area contributed by atoms with Gasteiger partial charge >= 0.3 is 11.9 Å². The molecule has 0 bridgehead atoms. The lowest BCUT2D eigenvalue weighted by molar-refractivity contribution is 0.0681. The van der Waals surface area contributed by atoms with Crippen LogP contribution in [-0.2, 0) is 5.75 Å². The van der Waals surface area contributed by atoms with Crippen LogP contribution in [0.5, 0.6) is 23.0 Å². The van der Waals surface area contributed by atoms with E-state index in [0.717, 1.165) is 12.1 Å². The van der Waals surface area contributed by atoms with Gasteiger partial charge < -0.3 is 30.6 Å². The molecular formula is C16H16O8S. The molecule has 2 aromatic carbocycles. The molecule has 0 radical (unpaired) electrons. The number of aromatic carboxylic acids is 2. The summed E-state index contributed by atoms with van der Waals surface area (Å²) in [4.78, 5) is 22.4. The lowest BCUT2D eigenvalue weighted by Crippen LogP contribution is -2.01. The molecule has 0 aliphatic rings. The standard InChI is InChI=1S/C16H16O8S/c1-25(12-5-9(18)4-11(14(12)20)16(23)24)6-7-2-8(17)3-10(13(7)19)15(21)22/h2-5,17-20,25H,6H2,1H3,(H,21,22)(H,23,24). The van der Waals surface area contributed by atoms with Gasteiger partial charge in [0, 0.05) is 16.2 Å². The minimum atomic E-state index is -1.41. The molecule has 6 N–H and O–H groups in total. The predicted octanol–water partition coefficient (Wildman–Crippen LogP) is 2.10. The topological polar surface area (TPSA) is 156 Å². The number of hydrogen-bond acceptors (Lipinski definition) is 6. The van der Waals surface area contributed by atoms with Crippen molar-refractivity contribution in [1.29, 1.82) is 0 Å². The number of thiol groups is 1. The van der Waals surface area contributed by atoms with E-state index in [2.05, 4.69) is 0 Å². The Morgan fingerprint density at radius 1 is 0.840 bits per heavy atom. The lowest BCUT2D eigenvalue weighted by atomic mass is 10.1. The number of phenolic OH excluding ortho intramolecular Hbond substituents is 2. The van der Waals surface area contributed by atoms with Crippen LogP contribution in [-0.4, -0.2) is 48.8 Å². The average molecular weight is 368 g/mol. The Labute approximate surface area is 144 Å². The van der Waals surface area contributed by atoms with Gasteiger partial charge in [0.25, 0.3) is 0 Å². The number of hydrogen-bond donors (Lipinski definition) is 7. The predicted molar refractivity (Wildman–Crippen MR) is 90.3 cm³/mol. The Bertz CT molecular complexity index is 862. The van der Waals surface area contributed by atoms with E-state index in [4.69, 9.17) is 10.2 Å². The summed E-state index contributed by atoms with van der Waals surface area (Å²) in [5, 5.41) is 57.6. The molecule has 0 saturated carbocycles. The third-order valence-electron chi connectivity index (χ3n) is 3.53. The van der Waals surface area contributed by atoms with E-state index < -0.39 is 45.5 Å². The van der Waals surface area contributed by atoms with E-state index >= 15 is 0 Å². The molecule has 2 rings (SSSR count). The van der Waals surface area contributed by atoms with Crippen molar-refractivity contribution < 1.29 is 40.2 Å². The molecule has 0 saturated heterocycles. The number of phenols is 4. The van der Waals surface area contributed by atoms with Gasteiger partial charge in [-0.2, -0.15) is 0 Å². The molecule has 0 aliphatic heterocycles. The maximum Gasteiger partial charge on any atom is 0.339 e. The first-order valence-electron chi connectivity index (χ1n) is 6.90. The Hall–Kier alpha value is -3.07. The van der Waals surface area contributed by atoms with Gasteiger partial charge in [-0.05, 0) is 30.5 Å². The molecule has 134 valence electrons. The normalized spacial score (nSPS) is 12.6. The fourth-order valence-electron chi connectivity index (χ4n) is 2.36. The molecule has 0 spiro atoms. The number of rotatable bonds is 5. The van der Waals surface area contributed by atoms with Crippen molar-refractivity contribution in [1.82, 2.24) is 0 Å². The van der Waals surface area contributed by atoms with E-state index in [9.17, 15) is 30.0 Å². The Morgan fingerprint density at radius 2 is 1.32 bits per heavy atom. The number of carboxylic acids is 2. The maximum absolute atomic E-state index is 11.1. The zero-order valence-corrected chi connectivity index (χ0v) is 13.9. The number of carboxylic acid groups (broad SMARTS) is 2. The van der Waals surface area contributed by atoms with Crippen molar-refractivity contribution in [2.24, 2.45) is 0 Å². The Morgan fingerprint density at radius 3 is 1.84 bits per heavy atom. The molecule has 0 fully saturated rings. The monoisotopic (exact) mass is 368 g/mol. The second-order valence-corrected chi connectivity index (χ2v) is 7.52. The van der Waals surface area contributed by atoms with Gasteiger partial charge in [-0.3, -0.25) is 0 Å². The van der Waals surface area contributed by atoms with Crippen LogP contribution in [0, 0.1) is 0 Å². The second kappa shape index (κ2) is 6.81. The van der Waals surface area contributed by atoms with Crippen LogP contribution in [0.4, 0.5) is 0 Å². The minimum absolute atomic E-state index is 0.0475. The third-order valence-corrected chi connectivity index (χ3v) is 5.51. The van der Waals surface area contributed by atoms with Crippen LogP contribution in [0.15, 0.2) is 29.2 Å². The molecule has 1 unspecified atom stereocenters. The molecule has 2 aromatic rings. The van der Waals surface area contributed by atoms with E-state index in [-0.39, 0.29) is 27.7 Å². The van der Waals surface area contributed by atoms with Crippen molar-refractivity contribution in [3.05, 3.63) is 41.0 Å². The Kier molecular flexibility index (Phi) is 4.98. The summed E-state index contributed by atoms with van der Waals surface area (Å²) >= 11 is 0. The van der Waals surface area contributed by atoms with Crippen LogP contribution in [0.2, 0.25) is 0 Å². The quantitative estimate of drug-likeness (QED) is 0.312. The van der Waals surface area contributed by atoms with E-state index in [1.54, 1.807) is 6.26 Å². The smallest absolute Gasteiger partial charge is 0.339 e. The summed E-state index contributed by atoms with van der Waals surface area (Å²) in [6.07, 6.45) is 1.65. The molecule has 0 aliphatic carbocycles. The fourth-order valence-corrected chi connectivity index (χ4v) is 4.12. The van der Waals surface area contributed by atoms with Crippen LogP contribution in [0.3, 0.4) is 0 Å². The highest BCUT2D eigenvalue weighted by Gasteiger charge is 2.21. The molecular weight excluding hydrogens is 352 g/mol. The summed E-state index contributed by atoms with van der Waals surface area (Å²) in [5.41, 5.74) is -0.800. The SMILES string of the molecule is C[SH](Cc1cc(O)cc(C(=O)O)c1O)c1cc(O)cc(C(=O)O)c1O. The molecule has 9 heteroatoms. The largest absolute Gasteiger partial charge is 0.508 e. The van der Waals surface area contributed by atoms with Crippen LogP contribution >= 0.6 is 10.9 Å². The van der Waals surface area contributed by atoms with Crippen molar-refractivity contribution >= 4 is 22.8 Å². The summed E-state index contributed by atoms with van der Waals surface area (Å²) in [7, 11) is -1.33. The first-order valence-corrected chi connectivity index (χ1v) is 8.87. The summed E-state index contributed by atoms with van der Waals surface area (Å²) in [6, 6.07) is 4.23. The first-order chi connectivity index (χ1) is 11.6. The molecule has 25 heavy (non-hydrogen) atoms. The van der Waals surface area contributed by atoms with Crippen LogP contribution in [0.25, 0.3) is 0 Å². The van der Waals surface area contributed by atoms with Gasteiger partial charge in [0.1, 0.15) is 34.1 Å². The maximum atomic E-state index is 11.1. The zero-order chi connectivity index (χ0) is 18.9. The van der Waals surface area contributed by atoms with Crippen LogP contribution < -0.4 is 0 Å². The summed E-state index contributed by atoms with van der Waals surface area (Å²) in [6.45, 7) is 0. The highest BCUT2D eigenvalue weighted by Crippen LogP contribution is 2.46. The van der Waals surface area contributed by atoms with E-state index in [1.165, 1.54) is 12.1 Å². The van der Waals surface area contributed by atoms with Crippen LogP contribution in [0.1, 0.15) is 26.3 Å². The number of aromatic hydroxyl groups is 4. The van der Waals surface area contributed by atoms with E-state index in [0.29, 0.717) is 0 Å². The van der Waals surface area contributed by atoms with Crippen molar-refractivity contribution in [3.63, 3.8) is 0 Å². The Balaban J connectivity index is 2.46. The molecule has 0 aromatic heterocycles. The zero-order valence-electron chi connectivity index (χ0n) is 13.0. The molecule has 0 amide bonds. The van der Waals surface area contributed by atoms with Crippen molar-refractivity contribution in [2.45, 2.75) is 10.6 Å². The first kappa shape index (κ1) is 18.3. The van der Waals surface area contributed by atoms with Gasteiger partial charge in [-0.1, -0.05) is 0 Å². The second-order valence-electron chi connectivity index (χ2n) is 5.33.